The van der Waals surface area contributed by atoms with Crippen LogP contribution in [0.5, 0.6) is 0 Å². The van der Waals surface area contributed by atoms with Crippen LogP contribution >= 0.6 is 15.9 Å². The normalized spacial score (nSPS) is 19.9. The third kappa shape index (κ3) is 3.29. The summed E-state index contributed by atoms with van der Waals surface area (Å²) in [6.45, 7) is 4.20. The van der Waals surface area contributed by atoms with Crippen LogP contribution in [0.2, 0.25) is 0 Å². The molecule has 0 spiro atoms. The van der Waals surface area contributed by atoms with E-state index in [-0.39, 0.29) is 0 Å². The van der Waals surface area contributed by atoms with E-state index in [1.165, 1.54) is 11.1 Å². The van der Waals surface area contributed by atoms with E-state index in [2.05, 4.69) is 80.7 Å². The Balaban J connectivity index is 1.77. The largest absolute Gasteiger partial charge is 0.314 e. The predicted octanol–water partition coefficient (Wildman–Crippen LogP) is 3.60. The van der Waals surface area contributed by atoms with Gasteiger partial charge in [0.15, 0.2) is 0 Å². The Kier molecular flexibility index (Phi) is 4.51. The van der Waals surface area contributed by atoms with E-state index >= 15 is 0 Å². The maximum atomic E-state index is 3.51. The lowest BCUT2D eigenvalue weighted by Gasteiger charge is -2.36. The van der Waals surface area contributed by atoms with Crippen LogP contribution in [0.3, 0.4) is 0 Å². The minimum absolute atomic E-state index is 0.466. The van der Waals surface area contributed by atoms with Crippen molar-refractivity contribution in [1.29, 1.82) is 0 Å². The molecule has 3 rings (SSSR count). The van der Waals surface area contributed by atoms with Crippen molar-refractivity contribution in [3.63, 3.8) is 0 Å². The topological polar surface area (TPSA) is 15.3 Å². The van der Waals surface area contributed by atoms with Gasteiger partial charge in [-0.1, -0.05) is 58.4 Å². The van der Waals surface area contributed by atoms with Crippen LogP contribution in [-0.4, -0.2) is 24.5 Å². The molecule has 1 fully saturated rings. The molecule has 1 atom stereocenters. The average Bonchev–Trinajstić information content (AvgIpc) is 2.51. The molecular weight excluding hydrogens is 312 g/mol. The summed E-state index contributed by atoms with van der Waals surface area (Å²) in [5.41, 5.74) is 2.77. The summed E-state index contributed by atoms with van der Waals surface area (Å²) in [5, 5.41) is 3.51. The molecule has 1 unspecified atom stereocenters. The van der Waals surface area contributed by atoms with Crippen molar-refractivity contribution < 1.29 is 0 Å². The molecule has 0 aromatic heterocycles. The zero-order chi connectivity index (χ0) is 13.8. The van der Waals surface area contributed by atoms with Gasteiger partial charge >= 0.3 is 0 Å². The molecule has 1 aliphatic rings. The summed E-state index contributed by atoms with van der Waals surface area (Å²) in [6.07, 6.45) is 0. The van der Waals surface area contributed by atoms with Gasteiger partial charge in [0.05, 0.1) is 0 Å². The Morgan fingerprint density at radius 3 is 2.55 bits per heavy atom. The van der Waals surface area contributed by atoms with E-state index in [0.29, 0.717) is 6.04 Å². The first-order chi connectivity index (χ1) is 9.83. The fourth-order valence-corrected chi connectivity index (χ4v) is 3.03. The molecule has 0 saturated carbocycles. The maximum absolute atomic E-state index is 3.51. The summed E-state index contributed by atoms with van der Waals surface area (Å²) in [4.78, 5) is 2.56. The van der Waals surface area contributed by atoms with Crippen LogP contribution in [-0.2, 0) is 6.54 Å². The third-order valence-electron chi connectivity index (χ3n) is 3.84. The molecule has 3 heteroatoms. The Hall–Kier alpha value is -1.16. The van der Waals surface area contributed by atoms with Crippen molar-refractivity contribution in [3.8, 4) is 0 Å². The first kappa shape index (κ1) is 13.8. The molecule has 1 N–H and O–H groups in total. The van der Waals surface area contributed by atoms with E-state index in [1.54, 1.807) is 0 Å². The van der Waals surface area contributed by atoms with Gasteiger partial charge in [-0.05, 0) is 23.3 Å². The van der Waals surface area contributed by atoms with Gasteiger partial charge in [0.2, 0.25) is 0 Å². The Bertz CT molecular complexity index is 539. The smallest absolute Gasteiger partial charge is 0.0476 e. The molecule has 1 heterocycles. The second kappa shape index (κ2) is 6.53. The van der Waals surface area contributed by atoms with Crippen LogP contribution < -0.4 is 5.32 Å². The molecule has 104 valence electrons. The standard InChI is InChI=1S/C17H19BrN2/c18-16-8-6-14(7-9-16)13-20-11-10-19-12-17(20)15-4-2-1-3-5-15/h1-9,17,19H,10-13H2. The van der Waals surface area contributed by atoms with E-state index in [1.807, 2.05) is 0 Å². The number of nitrogens with zero attached hydrogens (tertiary/aromatic N) is 1. The molecule has 20 heavy (non-hydrogen) atoms. The van der Waals surface area contributed by atoms with E-state index in [4.69, 9.17) is 0 Å². The summed E-state index contributed by atoms with van der Waals surface area (Å²) >= 11 is 3.50. The van der Waals surface area contributed by atoms with Gasteiger partial charge in [-0.15, -0.1) is 0 Å². The highest BCUT2D eigenvalue weighted by Gasteiger charge is 2.23. The van der Waals surface area contributed by atoms with Crippen LogP contribution in [0.25, 0.3) is 0 Å². The second-order valence-corrected chi connectivity index (χ2v) is 6.14. The van der Waals surface area contributed by atoms with E-state index in [9.17, 15) is 0 Å². The number of hydrogen-bond acceptors (Lipinski definition) is 2. The van der Waals surface area contributed by atoms with Crippen LogP contribution in [0, 0.1) is 0 Å². The van der Waals surface area contributed by atoms with Crippen molar-refractivity contribution in [1.82, 2.24) is 10.2 Å². The zero-order valence-electron chi connectivity index (χ0n) is 11.4. The second-order valence-electron chi connectivity index (χ2n) is 5.23. The molecule has 2 aromatic carbocycles. The first-order valence-electron chi connectivity index (χ1n) is 7.07. The van der Waals surface area contributed by atoms with Crippen molar-refractivity contribution in [2.75, 3.05) is 19.6 Å². The Labute approximate surface area is 128 Å². The van der Waals surface area contributed by atoms with Crippen LogP contribution in [0.15, 0.2) is 59.1 Å². The average molecular weight is 331 g/mol. The lowest BCUT2D eigenvalue weighted by atomic mass is 10.0. The van der Waals surface area contributed by atoms with Gasteiger partial charge in [0, 0.05) is 36.7 Å². The van der Waals surface area contributed by atoms with E-state index in [0.717, 1.165) is 30.7 Å². The quantitative estimate of drug-likeness (QED) is 0.925. The molecule has 2 nitrogen and oxygen atoms in total. The van der Waals surface area contributed by atoms with Crippen molar-refractivity contribution in [3.05, 3.63) is 70.2 Å². The van der Waals surface area contributed by atoms with Crippen molar-refractivity contribution >= 4 is 15.9 Å². The number of piperazine rings is 1. The highest BCUT2D eigenvalue weighted by atomic mass is 79.9. The number of hydrogen-bond donors (Lipinski definition) is 1. The van der Waals surface area contributed by atoms with Crippen molar-refractivity contribution in [2.24, 2.45) is 0 Å². The number of benzene rings is 2. The Morgan fingerprint density at radius 1 is 1.05 bits per heavy atom. The summed E-state index contributed by atoms with van der Waals surface area (Å²) in [5.74, 6) is 0. The molecule has 1 aliphatic heterocycles. The van der Waals surface area contributed by atoms with Gasteiger partial charge in [0.1, 0.15) is 0 Å². The third-order valence-corrected chi connectivity index (χ3v) is 4.37. The fourth-order valence-electron chi connectivity index (χ4n) is 2.76. The zero-order valence-corrected chi connectivity index (χ0v) is 13.0. The molecule has 0 aliphatic carbocycles. The van der Waals surface area contributed by atoms with Gasteiger partial charge < -0.3 is 5.32 Å². The maximum Gasteiger partial charge on any atom is 0.0476 e. The minimum atomic E-state index is 0.466. The highest BCUT2D eigenvalue weighted by molar-refractivity contribution is 9.10. The minimum Gasteiger partial charge on any atom is -0.314 e. The lowest BCUT2D eigenvalue weighted by Crippen LogP contribution is -2.45. The van der Waals surface area contributed by atoms with E-state index < -0.39 is 0 Å². The summed E-state index contributed by atoms with van der Waals surface area (Å²) in [6, 6.07) is 19.9. The number of nitrogens with one attached hydrogen (secondary N) is 1. The monoisotopic (exact) mass is 330 g/mol. The van der Waals surface area contributed by atoms with Gasteiger partial charge in [-0.25, -0.2) is 0 Å². The molecule has 1 saturated heterocycles. The van der Waals surface area contributed by atoms with Crippen molar-refractivity contribution in [2.45, 2.75) is 12.6 Å². The van der Waals surface area contributed by atoms with Gasteiger partial charge in [0.25, 0.3) is 0 Å². The van der Waals surface area contributed by atoms with Crippen LogP contribution in [0.4, 0.5) is 0 Å². The first-order valence-corrected chi connectivity index (χ1v) is 7.86. The summed E-state index contributed by atoms with van der Waals surface area (Å²) < 4.78 is 1.14. The Morgan fingerprint density at radius 2 is 1.80 bits per heavy atom. The van der Waals surface area contributed by atoms with Gasteiger partial charge in [-0.3, -0.25) is 4.90 Å². The highest BCUT2D eigenvalue weighted by Crippen LogP contribution is 2.24. The summed E-state index contributed by atoms with van der Waals surface area (Å²) in [7, 11) is 0. The molecule has 2 aromatic rings. The van der Waals surface area contributed by atoms with Gasteiger partial charge in [-0.2, -0.15) is 0 Å². The van der Waals surface area contributed by atoms with Crippen LogP contribution in [0.1, 0.15) is 17.2 Å². The molecule has 0 bridgehead atoms. The number of halogens is 1. The SMILES string of the molecule is Brc1ccc(CN2CCNCC2c2ccccc2)cc1. The number of rotatable bonds is 3. The fraction of sp³-hybridized carbons (Fsp3) is 0.294. The lowest BCUT2D eigenvalue weighted by molar-refractivity contribution is 0.154. The molecule has 0 amide bonds. The molecule has 0 radical (unpaired) electrons. The predicted molar refractivity (Wildman–Crippen MR) is 86.6 cm³/mol. The molecular formula is C17H19BrN2.